The van der Waals surface area contributed by atoms with E-state index in [2.05, 4.69) is 38.8 Å². The lowest BCUT2D eigenvalue weighted by atomic mass is 9.91. The second-order valence-electron chi connectivity index (χ2n) is 13.3. The van der Waals surface area contributed by atoms with Crippen LogP contribution in [-0.2, 0) is 4.79 Å². The van der Waals surface area contributed by atoms with Crippen LogP contribution in [0, 0.1) is 5.92 Å². The number of aromatic nitrogens is 3. The lowest BCUT2D eigenvalue weighted by Crippen LogP contribution is -2.34. The highest BCUT2D eigenvalue weighted by molar-refractivity contribution is 5.79. The Morgan fingerprint density at radius 2 is 1.30 bits per heavy atom. The molecule has 3 aliphatic rings. The smallest absolute Gasteiger partial charge is 0.226 e. The zero-order valence-electron chi connectivity index (χ0n) is 26.5. The van der Waals surface area contributed by atoms with Crippen molar-refractivity contribution in [1.29, 1.82) is 0 Å². The molecule has 5 rings (SSSR count). The summed E-state index contributed by atoms with van der Waals surface area (Å²) in [5.41, 5.74) is 1.98. The summed E-state index contributed by atoms with van der Waals surface area (Å²) < 4.78 is 6.22. The van der Waals surface area contributed by atoms with Gasteiger partial charge in [0.25, 0.3) is 0 Å². The summed E-state index contributed by atoms with van der Waals surface area (Å²) in [5.74, 6) is 2.50. The Morgan fingerprint density at radius 3 is 1.95 bits per heavy atom. The van der Waals surface area contributed by atoms with Gasteiger partial charge in [0.05, 0.1) is 12.6 Å². The molecule has 1 aromatic carbocycles. The summed E-state index contributed by atoms with van der Waals surface area (Å²) in [6.07, 6.45) is 28.5. The molecule has 0 bridgehead atoms. The quantitative estimate of drug-likeness (QED) is 0.362. The Bertz CT molecular complexity index is 1100. The molecule has 1 atom stereocenters. The van der Waals surface area contributed by atoms with Crippen molar-refractivity contribution in [2.75, 3.05) is 11.9 Å². The van der Waals surface area contributed by atoms with Gasteiger partial charge in [-0.05, 0) is 44.6 Å². The normalized spacial score (nSPS) is 22.5. The number of fused-ring (bicyclic) bond motifs is 1. The second kappa shape index (κ2) is 17.6. The summed E-state index contributed by atoms with van der Waals surface area (Å²) in [6.45, 7) is 0.651. The lowest BCUT2D eigenvalue weighted by Gasteiger charge is -2.23. The van der Waals surface area contributed by atoms with Gasteiger partial charge in [-0.25, -0.2) is 9.97 Å². The number of hydrogen-bond donors (Lipinski definition) is 2. The van der Waals surface area contributed by atoms with Gasteiger partial charge in [-0.15, -0.1) is 0 Å². The van der Waals surface area contributed by atoms with E-state index in [1.807, 2.05) is 0 Å². The van der Waals surface area contributed by atoms with Crippen LogP contribution < -0.4 is 15.4 Å². The molecule has 2 N–H and O–H groups in total. The molecular weight excluding hydrogens is 534 g/mol. The Kier molecular flexibility index (Phi) is 13.0. The van der Waals surface area contributed by atoms with Crippen LogP contribution in [0.25, 0.3) is 11.4 Å². The van der Waals surface area contributed by atoms with Crippen LogP contribution in [0.1, 0.15) is 153 Å². The monoisotopic (exact) mass is 589 g/mol. The van der Waals surface area contributed by atoms with E-state index in [9.17, 15) is 4.79 Å². The third kappa shape index (κ3) is 10.2. The van der Waals surface area contributed by atoms with Gasteiger partial charge in [0.1, 0.15) is 12.1 Å². The minimum atomic E-state index is -0.0244. The molecule has 2 heterocycles. The van der Waals surface area contributed by atoms with Gasteiger partial charge in [-0.1, -0.05) is 115 Å². The van der Waals surface area contributed by atoms with E-state index in [0.717, 1.165) is 55.4 Å². The molecule has 0 spiro atoms. The number of ether oxygens (including phenoxy) is 1. The first-order chi connectivity index (χ1) is 21.3. The molecule has 2 aromatic rings. The van der Waals surface area contributed by atoms with E-state index in [1.165, 1.54) is 103 Å². The van der Waals surface area contributed by atoms with Crippen LogP contribution in [-0.4, -0.2) is 33.5 Å². The fourth-order valence-electron chi connectivity index (χ4n) is 7.22. The number of benzene rings is 1. The van der Waals surface area contributed by atoms with Gasteiger partial charge < -0.3 is 15.4 Å². The first-order valence-corrected chi connectivity index (χ1v) is 17.8. The van der Waals surface area contributed by atoms with E-state index in [0.29, 0.717) is 24.4 Å². The van der Waals surface area contributed by atoms with Crippen LogP contribution in [0.5, 0.6) is 5.75 Å². The third-order valence-corrected chi connectivity index (χ3v) is 9.84. The summed E-state index contributed by atoms with van der Waals surface area (Å²) >= 11 is 0. The molecule has 2 fully saturated rings. The van der Waals surface area contributed by atoms with Gasteiger partial charge in [-0.3, -0.25) is 4.79 Å². The first kappa shape index (κ1) is 31.7. The third-order valence-electron chi connectivity index (χ3n) is 9.84. The fourth-order valence-corrected chi connectivity index (χ4v) is 7.22. The molecule has 0 radical (unpaired) electrons. The Morgan fingerprint density at radius 1 is 0.698 bits per heavy atom. The predicted molar refractivity (Wildman–Crippen MR) is 174 cm³/mol. The average molecular weight is 590 g/mol. The van der Waals surface area contributed by atoms with Crippen LogP contribution in [0.4, 0.5) is 5.95 Å². The van der Waals surface area contributed by atoms with Gasteiger partial charge in [0.15, 0.2) is 5.82 Å². The largest absolute Gasteiger partial charge is 0.493 e. The zero-order valence-corrected chi connectivity index (χ0v) is 26.5. The standard InChI is InChI=1S/C36H55N5O2/c42-35(28-18-13-9-5-2-1-3-6-10-14-19-28)40-32-22-17-25-43-33-26-29(23-24-31(32)33)34-37-27-38-36(41-34)39-30-20-15-11-7-4-8-12-16-21-30/h23-24,26-28,30,32H,1-22,25H2,(H,40,42)(H,37,38,39,41)/t32-/m1/s1. The van der Waals surface area contributed by atoms with E-state index in [1.54, 1.807) is 6.33 Å². The topological polar surface area (TPSA) is 89.0 Å². The van der Waals surface area contributed by atoms with Crippen molar-refractivity contribution in [3.05, 3.63) is 30.1 Å². The Balaban J connectivity index is 1.24. The molecule has 2 saturated carbocycles. The number of carbonyl (C=O) groups excluding carboxylic acids is 1. The van der Waals surface area contributed by atoms with Crippen LogP contribution in [0.2, 0.25) is 0 Å². The Hall–Kier alpha value is -2.70. The minimum Gasteiger partial charge on any atom is -0.493 e. The number of hydrogen-bond acceptors (Lipinski definition) is 6. The van der Waals surface area contributed by atoms with Crippen molar-refractivity contribution < 1.29 is 9.53 Å². The van der Waals surface area contributed by atoms with E-state index in [4.69, 9.17) is 9.72 Å². The van der Waals surface area contributed by atoms with Crippen molar-refractivity contribution in [3.63, 3.8) is 0 Å². The highest BCUT2D eigenvalue weighted by atomic mass is 16.5. The van der Waals surface area contributed by atoms with E-state index < -0.39 is 0 Å². The maximum atomic E-state index is 13.6. The van der Waals surface area contributed by atoms with Crippen LogP contribution in [0.15, 0.2) is 24.5 Å². The second-order valence-corrected chi connectivity index (χ2v) is 13.3. The number of nitrogens with one attached hydrogen (secondary N) is 2. The van der Waals surface area contributed by atoms with Crippen molar-refractivity contribution in [2.45, 2.75) is 153 Å². The molecule has 0 unspecified atom stereocenters. The molecule has 0 saturated heterocycles. The maximum absolute atomic E-state index is 13.6. The minimum absolute atomic E-state index is 0.0244. The first-order valence-electron chi connectivity index (χ1n) is 17.8. The predicted octanol–water partition coefficient (Wildman–Crippen LogP) is 9.09. The van der Waals surface area contributed by atoms with Crippen molar-refractivity contribution in [2.24, 2.45) is 5.92 Å². The molecule has 7 heteroatoms. The molecule has 1 aromatic heterocycles. The highest BCUT2D eigenvalue weighted by Gasteiger charge is 2.26. The van der Waals surface area contributed by atoms with E-state index >= 15 is 0 Å². The summed E-state index contributed by atoms with van der Waals surface area (Å²) in [4.78, 5) is 27.4. The number of carbonyl (C=O) groups is 1. The van der Waals surface area contributed by atoms with Crippen LogP contribution in [0.3, 0.4) is 0 Å². The SMILES string of the molecule is O=C(N[C@@H]1CCCOc2cc(-c3ncnc(NC4CCCCCCCCC4)n3)ccc21)C1CCCCCCCCCCC1. The zero-order chi connectivity index (χ0) is 29.5. The number of amides is 1. The Labute approximate surface area is 259 Å². The summed E-state index contributed by atoms with van der Waals surface area (Å²) in [7, 11) is 0. The average Bonchev–Trinajstić information content (AvgIpc) is 3.22. The molecule has 1 aliphatic heterocycles. The van der Waals surface area contributed by atoms with E-state index in [-0.39, 0.29) is 17.9 Å². The summed E-state index contributed by atoms with van der Waals surface area (Å²) in [6, 6.07) is 6.63. The molecular formula is C36H55N5O2. The molecule has 236 valence electrons. The maximum Gasteiger partial charge on any atom is 0.226 e. The lowest BCUT2D eigenvalue weighted by molar-refractivity contribution is -0.126. The summed E-state index contributed by atoms with van der Waals surface area (Å²) in [5, 5.41) is 7.08. The molecule has 7 nitrogen and oxygen atoms in total. The van der Waals surface area contributed by atoms with Crippen molar-refractivity contribution >= 4 is 11.9 Å². The molecule has 43 heavy (non-hydrogen) atoms. The van der Waals surface area contributed by atoms with Gasteiger partial charge in [-0.2, -0.15) is 4.98 Å². The van der Waals surface area contributed by atoms with Crippen LogP contribution >= 0.6 is 0 Å². The highest BCUT2D eigenvalue weighted by Crippen LogP contribution is 2.35. The number of nitrogens with zero attached hydrogens (tertiary/aromatic N) is 3. The fraction of sp³-hybridized carbons (Fsp3) is 0.722. The van der Waals surface area contributed by atoms with Gasteiger partial charge in [0, 0.05) is 23.1 Å². The van der Waals surface area contributed by atoms with Gasteiger partial charge in [0.2, 0.25) is 11.9 Å². The number of anilines is 1. The van der Waals surface area contributed by atoms with Crippen molar-refractivity contribution in [1.82, 2.24) is 20.3 Å². The van der Waals surface area contributed by atoms with Crippen molar-refractivity contribution in [3.8, 4) is 17.1 Å². The van der Waals surface area contributed by atoms with Gasteiger partial charge >= 0.3 is 0 Å². The number of rotatable bonds is 5. The molecule has 2 aliphatic carbocycles. The molecule has 1 amide bonds.